The Morgan fingerprint density at radius 3 is 2.71 bits per heavy atom. The second kappa shape index (κ2) is 7.26. The van der Waals surface area contributed by atoms with Crippen molar-refractivity contribution in [3.63, 3.8) is 0 Å². The minimum Gasteiger partial charge on any atom is -0.439 e. The van der Waals surface area contributed by atoms with Gasteiger partial charge in [0, 0.05) is 21.6 Å². The lowest BCUT2D eigenvalue weighted by Crippen LogP contribution is -2.01. The van der Waals surface area contributed by atoms with Gasteiger partial charge in [0.2, 0.25) is 5.88 Å². The van der Waals surface area contributed by atoms with Gasteiger partial charge < -0.3 is 4.74 Å². The summed E-state index contributed by atoms with van der Waals surface area (Å²) in [6.45, 7) is 4.57. The highest BCUT2D eigenvalue weighted by Crippen LogP contribution is 2.31. The van der Waals surface area contributed by atoms with Gasteiger partial charge in [-0.05, 0) is 37.1 Å². The van der Waals surface area contributed by atoms with E-state index in [0.717, 1.165) is 21.8 Å². The second-order valence-electron chi connectivity index (χ2n) is 4.49. The maximum Gasteiger partial charge on any atom is 0.221 e. The Morgan fingerprint density at radius 2 is 2.14 bits per heavy atom. The maximum atomic E-state index is 11.1. The molecule has 2 rings (SSSR count). The molecule has 6 heteroatoms. The molecule has 0 aliphatic carbocycles. The first-order chi connectivity index (χ1) is 10.1. The number of ether oxygens (including phenoxy) is 1. The summed E-state index contributed by atoms with van der Waals surface area (Å²) in [6.07, 6.45) is 1.45. The van der Waals surface area contributed by atoms with E-state index < -0.39 is 0 Å². The van der Waals surface area contributed by atoms with Crippen molar-refractivity contribution in [3.8, 4) is 11.6 Å². The number of nitrogens with zero attached hydrogens (tertiary/aromatic N) is 2. The second-order valence-corrected chi connectivity index (χ2v) is 5.69. The molecule has 0 amide bonds. The standard InChI is InChI=1S/C15H16ClIN2O2/c1-3-13-14(9-20)18-19(4-2)15(13)21-12-6-10(8-17)5-11(16)7-12/h5-7,9H,3-4,8H2,1-2H3. The summed E-state index contributed by atoms with van der Waals surface area (Å²) < 4.78 is 8.53. The van der Waals surface area contributed by atoms with E-state index in [4.69, 9.17) is 16.3 Å². The van der Waals surface area contributed by atoms with Crippen molar-refractivity contribution in [2.75, 3.05) is 0 Å². The number of carbonyl (C=O) groups excluding carboxylic acids is 1. The predicted octanol–water partition coefficient (Wildman–Crippen LogP) is 4.66. The molecule has 1 aromatic heterocycles. The number of alkyl halides is 1. The van der Waals surface area contributed by atoms with Gasteiger partial charge in [0.05, 0.1) is 0 Å². The van der Waals surface area contributed by atoms with Crippen molar-refractivity contribution >= 4 is 40.5 Å². The summed E-state index contributed by atoms with van der Waals surface area (Å²) in [4.78, 5) is 11.1. The molecule has 1 heterocycles. The highest BCUT2D eigenvalue weighted by Gasteiger charge is 2.17. The van der Waals surface area contributed by atoms with Crippen LogP contribution in [0.25, 0.3) is 0 Å². The zero-order valence-electron chi connectivity index (χ0n) is 11.9. The smallest absolute Gasteiger partial charge is 0.221 e. The molecule has 0 N–H and O–H groups in total. The Labute approximate surface area is 142 Å². The number of aryl methyl sites for hydroxylation is 1. The first-order valence-corrected chi connectivity index (χ1v) is 8.61. The van der Waals surface area contributed by atoms with E-state index in [2.05, 4.69) is 27.7 Å². The van der Waals surface area contributed by atoms with E-state index in [-0.39, 0.29) is 0 Å². The largest absolute Gasteiger partial charge is 0.439 e. The zero-order chi connectivity index (χ0) is 15.4. The lowest BCUT2D eigenvalue weighted by atomic mass is 10.2. The molecular formula is C15H16ClIN2O2. The molecule has 21 heavy (non-hydrogen) atoms. The molecule has 0 saturated carbocycles. The van der Waals surface area contributed by atoms with Crippen LogP contribution in [0.2, 0.25) is 5.02 Å². The Morgan fingerprint density at radius 1 is 1.38 bits per heavy atom. The van der Waals surface area contributed by atoms with E-state index in [1.807, 2.05) is 26.0 Å². The Hall–Kier alpha value is -1.08. The molecule has 1 aromatic carbocycles. The van der Waals surface area contributed by atoms with Gasteiger partial charge in [-0.15, -0.1) is 0 Å². The molecule has 0 atom stereocenters. The lowest BCUT2D eigenvalue weighted by molar-refractivity contribution is 0.111. The minimum absolute atomic E-state index is 0.436. The van der Waals surface area contributed by atoms with Crippen molar-refractivity contribution in [3.05, 3.63) is 40.0 Å². The van der Waals surface area contributed by atoms with Gasteiger partial charge in [-0.1, -0.05) is 41.1 Å². The molecule has 0 saturated heterocycles. The predicted molar refractivity (Wildman–Crippen MR) is 91.9 cm³/mol. The van der Waals surface area contributed by atoms with Crippen LogP contribution < -0.4 is 4.74 Å². The lowest BCUT2D eigenvalue weighted by Gasteiger charge is -2.10. The molecule has 0 radical (unpaired) electrons. The van der Waals surface area contributed by atoms with Crippen LogP contribution in [0.1, 0.15) is 35.5 Å². The van der Waals surface area contributed by atoms with E-state index in [9.17, 15) is 4.79 Å². The van der Waals surface area contributed by atoms with Gasteiger partial charge in [-0.25, -0.2) is 4.68 Å². The third-order valence-corrected chi connectivity index (χ3v) is 4.19. The monoisotopic (exact) mass is 418 g/mol. The molecular weight excluding hydrogens is 403 g/mol. The SMILES string of the molecule is CCc1c(C=O)nn(CC)c1Oc1cc(Cl)cc(CI)c1. The van der Waals surface area contributed by atoms with Crippen LogP contribution in [0.3, 0.4) is 0 Å². The van der Waals surface area contributed by atoms with E-state index in [1.54, 1.807) is 10.7 Å². The number of aldehydes is 1. The third-order valence-electron chi connectivity index (χ3n) is 3.09. The van der Waals surface area contributed by atoms with Gasteiger partial charge in [0.15, 0.2) is 6.29 Å². The Bertz CT molecular complexity index is 655. The van der Waals surface area contributed by atoms with E-state index in [0.29, 0.717) is 35.3 Å². The maximum absolute atomic E-state index is 11.1. The number of halogens is 2. The number of hydrogen-bond acceptors (Lipinski definition) is 3. The fraction of sp³-hybridized carbons (Fsp3) is 0.333. The summed E-state index contributed by atoms with van der Waals surface area (Å²) in [5.74, 6) is 1.28. The number of benzene rings is 1. The zero-order valence-corrected chi connectivity index (χ0v) is 14.8. The minimum atomic E-state index is 0.436. The summed E-state index contributed by atoms with van der Waals surface area (Å²) in [6, 6.07) is 5.63. The third kappa shape index (κ3) is 3.58. The molecule has 4 nitrogen and oxygen atoms in total. The first-order valence-electron chi connectivity index (χ1n) is 6.71. The first kappa shape index (κ1) is 16.3. The molecule has 2 aromatic rings. The normalized spacial score (nSPS) is 10.7. The van der Waals surface area contributed by atoms with Gasteiger partial charge in [0.1, 0.15) is 11.4 Å². The fourth-order valence-electron chi connectivity index (χ4n) is 2.13. The topological polar surface area (TPSA) is 44.1 Å². The molecule has 0 aliphatic heterocycles. The van der Waals surface area contributed by atoms with Crippen LogP contribution in [0, 0.1) is 0 Å². The summed E-state index contributed by atoms with van der Waals surface area (Å²) in [5, 5.41) is 4.90. The highest BCUT2D eigenvalue weighted by atomic mass is 127. The molecule has 0 fully saturated rings. The van der Waals surface area contributed by atoms with Crippen molar-refractivity contribution in [2.24, 2.45) is 0 Å². The molecule has 112 valence electrons. The summed E-state index contributed by atoms with van der Waals surface area (Å²) in [5.41, 5.74) is 2.35. The fourth-order valence-corrected chi connectivity index (χ4v) is 2.81. The molecule has 0 aliphatic rings. The van der Waals surface area contributed by atoms with Crippen LogP contribution in [-0.4, -0.2) is 16.1 Å². The molecule has 0 unspecified atom stereocenters. The Kier molecular flexibility index (Phi) is 5.64. The number of rotatable bonds is 6. The summed E-state index contributed by atoms with van der Waals surface area (Å²) in [7, 11) is 0. The van der Waals surface area contributed by atoms with Gasteiger partial charge in [-0.3, -0.25) is 4.79 Å². The average molecular weight is 419 g/mol. The van der Waals surface area contributed by atoms with Gasteiger partial charge >= 0.3 is 0 Å². The Balaban J connectivity index is 2.45. The van der Waals surface area contributed by atoms with Crippen molar-refractivity contribution in [1.29, 1.82) is 0 Å². The van der Waals surface area contributed by atoms with Gasteiger partial charge in [0.25, 0.3) is 0 Å². The van der Waals surface area contributed by atoms with E-state index >= 15 is 0 Å². The highest BCUT2D eigenvalue weighted by molar-refractivity contribution is 14.1. The van der Waals surface area contributed by atoms with Crippen LogP contribution in [0.15, 0.2) is 18.2 Å². The van der Waals surface area contributed by atoms with Crippen molar-refractivity contribution in [1.82, 2.24) is 9.78 Å². The number of aromatic nitrogens is 2. The molecule has 0 spiro atoms. The van der Waals surface area contributed by atoms with E-state index in [1.165, 1.54) is 0 Å². The van der Waals surface area contributed by atoms with Crippen LogP contribution in [0.4, 0.5) is 0 Å². The van der Waals surface area contributed by atoms with Crippen LogP contribution in [-0.2, 0) is 17.4 Å². The average Bonchev–Trinajstić information content (AvgIpc) is 2.83. The number of carbonyl (C=O) groups is 1. The van der Waals surface area contributed by atoms with Gasteiger partial charge in [-0.2, -0.15) is 5.10 Å². The van der Waals surface area contributed by atoms with Crippen LogP contribution >= 0.6 is 34.2 Å². The number of hydrogen-bond donors (Lipinski definition) is 0. The summed E-state index contributed by atoms with van der Waals surface area (Å²) >= 11 is 8.39. The molecule has 0 bridgehead atoms. The van der Waals surface area contributed by atoms with Crippen molar-refractivity contribution in [2.45, 2.75) is 31.2 Å². The quantitative estimate of drug-likeness (QED) is 0.389. The van der Waals surface area contributed by atoms with Crippen molar-refractivity contribution < 1.29 is 9.53 Å². The van der Waals surface area contributed by atoms with Crippen LogP contribution in [0.5, 0.6) is 11.6 Å².